The smallest absolute Gasteiger partial charge is 0.316 e. The molecular weight excluding hydrogens is 338 g/mol. The molecule has 1 heterocycles. The molecule has 0 atom stereocenters. The number of amidine groups is 1. The van der Waals surface area contributed by atoms with Crippen LogP contribution in [0.1, 0.15) is 49.9 Å². The fourth-order valence-corrected chi connectivity index (χ4v) is 2.85. The normalized spacial score (nSPS) is 17.3. The van der Waals surface area contributed by atoms with E-state index in [1.165, 1.54) is 0 Å². The lowest BCUT2D eigenvalue weighted by molar-refractivity contribution is -0.539. The van der Waals surface area contributed by atoms with Crippen molar-refractivity contribution in [1.82, 2.24) is 5.06 Å². The first-order valence-corrected chi connectivity index (χ1v) is 8.63. The molecule has 1 aliphatic heterocycles. The predicted octanol–water partition coefficient (Wildman–Crippen LogP) is 3.43. The van der Waals surface area contributed by atoms with Crippen molar-refractivity contribution in [1.29, 1.82) is 5.26 Å². The summed E-state index contributed by atoms with van der Waals surface area (Å²) in [5.41, 5.74) is 0.907. The summed E-state index contributed by atoms with van der Waals surface area (Å²) in [7, 11) is 0. The monoisotopic (exact) mass is 358 g/mol. The van der Waals surface area contributed by atoms with Crippen LogP contribution in [0.25, 0.3) is 0 Å². The molecule has 0 N–H and O–H groups in total. The molecule has 5 nitrogen and oxygen atoms in total. The van der Waals surface area contributed by atoms with Gasteiger partial charge in [-0.1, -0.05) is 23.0 Å². The molecule has 0 aromatic heterocycles. The Hall–Kier alpha value is -3.28. The van der Waals surface area contributed by atoms with Crippen molar-refractivity contribution in [3.63, 3.8) is 0 Å². The molecule has 0 unspecified atom stereocenters. The summed E-state index contributed by atoms with van der Waals surface area (Å²) < 4.78 is 0.799. The predicted molar refractivity (Wildman–Crippen MR) is 102 cm³/mol. The van der Waals surface area contributed by atoms with Crippen LogP contribution >= 0.6 is 0 Å². The SMILES string of the molecule is CC1(C)N([O])C(c2cccc(C#Cc3ccc(C#N)cc3)c2)=[N+]([O-])C1(C)C. The van der Waals surface area contributed by atoms with E-state index in [2.05, 4.69) is 17.9 Å². The summed E-state index contributed by atoms with van der Waals surface area (Å²) in [6.45, 7) is 7.08. The largest absolute Gasteiger partial charge is 0.714 e. The number of hydrogen-bond acceptors (Lipinski definition) is 3. The molecule has 135 valence electrons. The Morgan fingerprint density at radius 2 is 1.56 bits per heavy atom. The Balaban J connectivity index is 1.97. The minimum Gasteiger partial charge on any atom is -0.714 e. The van der Waals surface area contributed by atoms with E-state index < -0.39 is 11.1 Å². The van der Waals surface area contributed by atoms with Gasteiger partial charge in [-0.25, -0.2) is 0 Å². The van der Waals surface area contributed by atoms with Gasteiger partial charge in [0.2, 0.25) is 0 Å². The van der Waals surface area contributed by atoms with Gasteiger partial charge >= 0.3 is 5.84 Å². The van der Waals surface area contributed by atoms with Crippen LogP contribution in [0, 0.1) is 28.4 Å². The van der Waals surface area contributed by atoms with Crippen LogP contribution in [0.4, 0.5) is 0 Å². The maximum absolute atomic E-state index is 12.8. The van der Waals surface area contributed by atoms with E-state index in [0.717, 1.165) is 15.4 Å². The van der Waals surface area contributed by atoms with Crippen LogP contribution in [-0.2, 0) is 5.21 Å². The van der Waals surface area contributed by atoms with Crippen LogP contribution < -0.4 is 0 Å². The topological polar surface area (TPSA) is 73.0 Å². The third kappa shape index (κ3) is 3.03. The highest BCUT2D eigenvalue weighted by molar-refractivity contribution is 5.96. The molecule has 0 saturated carbocycles. The maximum Gasteiger partial charge on any atom is 0.316 e. The molecule has 5 heteroatoms. The van der Waals surface area contributed by atoms with E-state index in [9.17, 15) is 10.4 Å². The molecule has 0 aliphatic carbocycles. The van der Waals surface area contributed by atoms with Gasteiger partial charge in [-0.15, -0.1) is 0 Å². The lowest BCUT2D eigenvalue weighted by Crippen LogP contribution is -2.53. The maximum atomic E-state index is 12.8. The molecule has 0 bridgehead atoms. The second kappa shape index (κ2) is 6.46. The summed E-state index contributed by atoms with van der Waals surface area (Å²) in [6.07, 6.45) is 0. The highest BCUT2D eigenvalue weighted by Crippen LogP contribution is 2.37. The molecule has 0 fully saturated rings. The minimum atomic E-state index is -0.853. The van der Waals surface area contributed by atoms with Gasteiger partial charge < -0.3 is 5.21 Å². The van der Waals surface area contributed by atoms with Crippen molar-refractivity contribution in [2.24, 2.45) is 0 Å². The minimum absolute atomic E-state index is 0.104. The summed E-state index contributed by atoms with van der Waals surface area (Å²) in [5, 5.41) is 35.2. The van der Waals surface area contributed by atoms with Crippen molar-refractivity contribution in [3.8, 4) is 17.9 Å². The molecule has 1 aliphatic rings. The van der Waals surface area contributed by atoms with Crippen LogP contribution in [-0.4, -0.2) is 26.7 Å². The Bertz CT molecular complexity index is 1020. The highest BCUT2D eigenvalue weighted by Gasteiger charge is 2.59. The summed E-state index contributed by atoms with van der Waals surface area (Å²) in [5.74, 6) is 6.18. The second-order valence-electron chi connectivity index (χ2n) is 7.55. The Morgan fingerprint density at radius 3 is 2.11 bits per heavy atom. The zero-order valence-corrected chi connectivity index (χ0v) is 15.8. The third-order valence-corrected chi connectivity index (χ3v) is 5.38. The van der Waals surface area contributed by atoms with Gasteiger partial charge in [0.15, 0.2) is 5.54 Å². The van der Waals surface area contributed by atoms with E-state index in [1.807, 2.05) is 6.07 Å². The van der Waals surface area contributed by atoms with Crippen LogP contribution in [0.15, 0.2) is 48.5 Å². The average Bonchev–Trinajstić information content (AvgIpc) is 2.78. The molecule has 3 rings (SSSR count). The zero-order chi connectivity index (χ0) is 19.8. The fourth-order valence-electron chi connectivity index (χ4n) is 2.85. The molecule has 2 aromatic carbocycles. The molecule has 0 spiro atoms. The molecular formula is C22H20N3O2. The molecule has 0 saturated heterocycles. The van der Waals surface area contributed by atoms with Crippen molar-refractivity contribution in [2.45, 2.75) is 38.8 Å². The number of nitriles is 1. The zero-order valence-electron chi connectivity index (χ0n) is 15.8. The first-order valence-electron chi connectivity index (χ1n) is 8.63. The lowest BCUT2D eigenvalue weighted by Gasteiger charge is -2.32. The molecule has 2 aromatic rings. The number of rotatable bonds is 1. The quantitative estimate of drug-likeness (QED) is 0.445. The number of hydroxylamine groups is 3. The third-order valence-electron chi connectivity index (χ3n) is 5.38. The fraction of sp³-hybridized carbons (Fsp3) is 0.273. The summed E-state index contributed by atoms with van der Waals surface area (Å²) in [6, 6.07) is 16.2. The van der Waals surface area contributed by atoms with Crippen LogP contribution in [0.5, 0.6) is 0 Å². The number of benzene rings is 2. The van der Waals surface area contributed by atoms with E-state index >= 15 is 0 Å². The molecule has 0 amide bonds. The average molecular weight is 358 g/mol. The number of nitrogens with zero attached hydrogens (tertiary/aromatic N) is 3. The van der Waals surface area contributed by atoms with Gasteiger partial charge in [0.1, 0.15) is 5.54 Å². The van der Waals surface area contributed by atoms with E-state index in [4.69, 9.17) is 5.26 Å². The highest BCUT2D eigenvalue weighted by atomic mass is 16.5. The van der Waals surface area contributed by atoms with Gasteiger partial charge in [0.05, 0.1) is 17.2 Å². The summed E-state index contributed by atoms with van der Waals surface area (Å²) >= 11 is 0. The van der Waals surface area contributed by atoms with Crippen LogP contribution in [0.3, 0.4) is 0 Å². The van der Waals surface area contributed by atoms with Gasteiger partial charge in [-0.3, -0.25) is 4.74 Å². The Morgan fingerprint density at radius 1 is 0.963 bits per heavy atom. The molecule has 1 radical (unpaired) electrons. The standard InChI is InChI=1S/C22H20N3O2/c1-21(2)22(3,4)25(27)20(24(21)26)19-7-5-6-17(14-19)11-8-16-9-12-18(15-23)13-10-16/h5-7,9-10,12-14H,1-4H3. The van der Waals surface area contributed by atoms with Crippen LogP contribution in [0.2, 0.25) is 0 Å². The van der Waals surface area contributed by atoms with Gasteiger partial charge in [0, 0.05) is 16.3 Å². The Kier molecular flexibility index (Phi) is 4.43. The Labute approximate surface area is 159 Å². The van der Waals surface area contributed by atoms with Crippen molar-refractivity contribution in [2.75, 3.05) is 0 Å². The van der Waals surface area contributed by atoms with Gasteiger partial charge in [-0.05, 0) is 70.2 Å². The first kappa shape index (κ1) is 18.5. The van der Waals surface area contributed by atoms with Crippen molar-refractivity contribution < 1.29 is 9.95 Å². The van der Waals surface area contributed by atoms with Gasteiger partial charge in [-0.2, -0.15) is 5.26 Å². The van der Waals surface area contributed by atoms with Gasteiger partial charge in [0.25, 0.3) is 0 Å². The summed E-state index contributed by atoms with van der Waals surface area (Å²) in [4.78, 5) is 0. The van der Waals surface area contributed by atoms with Crippen molar-refractivity contribution in [3.05, 3.63) is 76.0 Å². The molecule has 27 heavy (non-hydrogen) atoms. The number of hydrogen-bond donors (Lipinski definition) is 0. The van der Waals surface area contributed by atoms with E-state index in [-0.39, 0.29) is 5.84 Å². The second-order valence-corrected chi connectivity index (χ2v) is 7.55. The lowest BCUT2D eigenvalue weighted by atomic mass is 9.84. The van der Waals surface area contributed by atoms with Crippen molar-refractivity contribution >= 4 is 5.84 Å². The first-order chi connectivity index (χ1) is 12.7. The van der Waals surface area contributed by atoms with E-state index in [1.54, 1.807) is 70.2 Å². The van der Waals surface area contributed by atoms with E-state index in [0.29, 0.717) is 16.7 Å².